The quantitative estimate of drug-likeness (QED) is 0.846. The molecule has 1 N–H and O–H groups in total. The molecule has 2 heteroatoms. The van der Waals surface area contributed by atoms with Gasteiger partial charge in [0.05, 0.1) is 6.04 Å². The predicted molar refractivity (Wildman–Crippen MR) is 71.8 cm³/mol. The number of rotatable bonds is 2. The minimum atomic E-state index is 0.194. The number of likely N-dealkylation sites (N-methyl/N-ethyl adjacent to an activating group) is 1. The van der Waals surface area contributed by atoms with E-state index in [-0.39, 0.29) is 5.41 Å². The van der Waals surface area contributed by atoms with Crippen molar-refractivity contribution < 1.29 is 4.74 Å². The van der Waals surface area contributed by atoms with Crippen molar-refractivity contribution in [3.8, 4) is 5.75 Å². The van der Waals surface area contributed by atoms with Crippen molar-refractivity contribution in [2.45, 2.75) is 46.1 Å². The Morgan fingerprint density at radius 1 is 1.35 bits per heavy atom. The SMILES string of the molecule is CCNC1COc2c(C)cc(C(C)(C)C)cc21. The molecule has 0 saturated heterocycles. The van der Waals surface area contributed by atoms with Crippen LogP contribution in [0, 0.1) is 6.92 Å². The third-order valence-corrected chi connectivity index (χ3v) is 3.39. The molecular weight excluding hydrogens is 210 g/mol. The van der Waals surface area contributed by atoms with Crippen LogP contribution in [0.1, 0.15) is 50.4 Å². The Labute approximate surface area is 104 Å². The third-order valence-electron chi connectivity index (χ3n) is 3.39. The Balaban J connectivity index is 2.44. The van der Waals surface area contributed by atoms with Gasteiger partial charge in [-0.05, 0) is 36.1 Å². The highest BCUT2D eigenvalue weighted by atomic mass is 16.5. The van der Waals surface area contributed by atoms with Crippen LogP contribution in [-0.4, -0.2) is 13.2 Å². The van der Waals surface area contributed by atoms with E-state index in [0.717, 1.165) is 18.9 Å². The number of benzene rings is 1. The zero-order valence-electron chi connectivity index (χ0n) is 11.6. The highest BCUT2D eigenvalue weighted by Gasteiger charge is 2.27. The maximum Gasteiger partial charge on any atom is 0.127 e. The topological polar surface area (TPSA) is 21.3 Å². The standard InChI is InChI=1S/C15H23NO/c1-6-16-13-9-17-14-10(2)7-11(8-12(13)14)15(3,4)5/h7-8,13,16H,6,9H2,1-5H3. The predicted octanol–water partition coefficient (Wildman–Crippen LogP) is 3.34. The number of ether oxygens (including phenoxy) is 1. The van der Waals surface area contributed by atoms with Crippen LogP contribution in [0.5, 0.6) is 5.75 Å². The van der Waals surface area contributed by atoms with Crippen molar-refractivity contribution in [3.05, 3.63) is 28.8 Å². The zero-order chi connectivity index (χ0) is 12.6. The maximum absolute atomic E-state index is 5.80. The second-order valence-electron chi connectivity index (χ2n) is 5.88. The second kappa shape index (κ2) is 4.34. The normalized spacial score (nSPS) is 19.0. The van der Waals surface area contributed by atoms with E-state index in [9.17, 15) is 0 Å². The van der Waals surface area contributed by atoms with Crippen molar-refractivity contribution >= 4 is 0 Å². The molecule has 0 fully saturated rings. The fourth-order valence-electron chi connectivity index (χ4n) is 2.36. The van der Waals surface area contributed by atoms with Gasteiger partial charge in [0.2, 0.25) is 0 Å². The van der Waals surface area contributed by atoms with Crippen LogP contribution in [0.25, 0.3) is 0 Å². The summed E-state index contributed by atoms with van der Waals surface area (Å²) in [6.07, 6.45) is 0. The number of fused-ring (bicyclic) bond motifs is 1. The molecule has 0 spiro atoms. The van der Waals surface area contributed by atoms with E-state index in [1.54, 1.807) is 0 Å². The van der Waals surface area contributed by atoms with Crippen LogP contribution in [-0.2, 0) is 5.41 Å². The zero-order valence-corrected chi connectivity index (χ0v) is 11.6. The first-order chi connectivity index (χ1) is 7.93. The van der Waals surface area contributed by atoms with Crippen molar-refractivity contribution in [3.63, 3.8) is 0 Å². The Bertz CT molecular complexity index is 418. The minimum absolute atomic E-state index is 0.194. The largest absolute Gasteiger partial charge is 0.491 e. The summed E-state index contributed by atoms with van der Waals surface area (Å²) in [4.78, 5) is 0. The highest BCUT2D eigenvalue weighted by Crippen LogP contribution is 2.38. The first kappa shape index (κ1) is 12.4. The van der Waals surface area contributed by atoms with E-state index < -0.39 is 0 Å². The molecule has 1 aliphatic rings. The summed E-state index contributed by atoms with van der Waals surface area (Å²) < 4.78 is 5.80. The monoisotopic (exact) mass is 233 g/mol. The molecule has 1 aromatic rings. The lowest BCUT2D eigenvalue weighted by atomic mass is 9.84. The summed E-state index contributed by atoms with van der Waals surface area (Å²) in [5.74, 6) is 1.09. The summed E-state index contributed by atoms with van der Waals surface area (Å²) >= 11 is 0. The van der Waals surface area contributed by atoms with Crippen LogP contribution in [0.15, 0.2) is 12.1 Å². The fourth-order valence-corrected chi connectivity index (χ4v) is 2.36. The second-order valence-corrected chi connectivity index (χ2v) is 5.88. The van der Waals surface area contributed by atoms with Gasteiger partial charge in [0, 0.05) is 5.56 Å². The van der Waals surface area contributed by atoms with Gasteiger partial charge in [0.15, 0.2) is 0 Å². The Hall–Kier alpha value is -1.02. The molecule has 0 aliphatic carbocycles. The smallest absolute Gasteiger partial charge is 0.127 e. The summed E-state index contributed by atoms with van der Waals surface area (Å²) in [6.45, 7) is 12.8. The number of hydrogen-bond donors (Lipinski definition) is 1. The molecule has 1 aromatic carbocycles. The first-order valence-corrected chi connectivity index (χ1v) is 6.44. The van der Waals surface area contributed by atoms with Gasteiger partial charge in [-0.1, -0.05) is 33.8 Å². The maximum atomic E-state index is 5.80. The lowest BCUT2D eigenvalue weighted by Crippen LogP contribution is -2.22. The van der Waals surface area contributed by atoms with Gasteiger partial charge in [0.25, 0.3) is 0 Å². The van der Waals surface area contributed by atoms with Crippen LogP contribution >= 0.6 is 0 Å². The van der Waals surface area contributed by atoms with Gasteiger partial charge >= 0.3 is 0 Å². The van der Waals surface area contributed by atoms with Gasteiger partial charge in [-0.3, -0.25) is 0 Å². The van der Waals surface area contributed by atoms with Crippen LogP contribution in [0.3, 0.4) is 0 Å². The molecule has 0 amide bonds. The molecule has 0 saturated carbocycles. The first-order valence-electron chi connectivity index (χ1n) is 6.44. The Morgan fingerprint density at radius 3 is 2.65 bits per heavy atom. The molecule has 1 unspecified atom stereocenters. The van der Waals surface area contributed by atoms with E-state index in [2.05, 4.69) is 52.1 Å². The minimum Gasteiger partial charge on any atom is -0.491 e. The van der Waals surface area contributed by atoms with Gasteiger partial charge in [-0.2, -0.15) is 0 Å². The van der Waals surface area contributed by atoms with Gasteiger partial charge < -0.3 is 10.1 Å². The lowest BCUT2D eigenvalue weighted by Gasteiger charge is -2.21. The van der Waals surface area contributed by atoms with Crippen LogP contribution < -0.4 is 10.1 Å². The van der Waals surface area contributed by atoms with E-state index in [4.69, 9.17) is 4.74 Å². The lowest BCUT2D eigenvalue weighted by molar-refractivity contribution is 0.312. The molecule has 0 aromatic heterocycles. The molecular formula is C15H23NO. The molecule has 94 valence electrons. The Kier molecular flexibility index (Phi) is 3.17. The molecule has 0 radical (unpaired) electrons. The van der Waals surface area contributed by atoms with Crippen molar-refractivity contribution in [2.24, 2.45) is 0 Å². The fraction of sp³-hybridized carbons (Fsp3) is 0.600. The van der Waals surface area contributed by atoms with Gasteiger partial charge in [-0.25, -0.2) is 0 Å². The molecule has 0 bridgehead atoms. The summed E-state index contributed by atoms with van der Waals surface area (Å²) in [6, 6.07) is 4.92. The van der Waals surface area contributed by atoms with E-state index in [1.807, 2.05) is 0 Å². The number of aryl methyl sites for hydroxylation is 1. The van der Waals surface area contributed by atoms with Crippen molar-refractivity contribution in [1.82, 2.24) is 5.32 Å². The van der Waals surface area contributed by atoms with Gasteiger partial charge in [0.1, 0.15) is 12.4 Å². The van der Waals surface area contributed by atoms with Gasteiger partial charge in [-0.15, -0.1) is 0 Å². The van der Waals surface area contributed by atoms with Crippen molar-refractivity contribution in [2.75, 3.05) is 13.2 Å². The molecule has 17 heavy (non-hydrogen) atoms. The number of nitrogens with one attached hydrogen (secondary N) is 1. The third kappa shape index (κ3) is 2.32. The van der Waals surface area contributed by atoms with Crippen LogP contribution in [0.4, 0.5) is 0 Å². The summed E-state index contributed by atoms with van der Waals surface area (Å²) in [5, 5.41) is 3.48. The average molecular weight is 233 g/mol. The molecule has 2 rings (SSSR count). The van der Waals surface area contributed by atoms with E-state index in [1.165, 1.54) is 16.7 Å². The molecule has 1 aliphatic heterocycles. The number of hydrogen-bond acceptors (Lipinski definition) is 2. The Morgan fingerprint density at radius 2 is 2.06 bits per heavy atom. The van der Waals surface area contributed by atoms with E-state index >= 15 is 0 Å². The molecule has 1 heterocycles. The van der Waals surface area contributed by atoms with Crippen LogP contribution in [0.2, 0.25) is 0 Å². The molecule has 2 nitrogen and oxygen atoms in total. The average Bonchev–Trinajstić information content (AvgIpc) is 2.61. The summed E-state index contributed by atoms with van der Waals surface area (Å²) in [7, 11) is 0. The van der Waals surface area contributed by atoms with E-state index in [0.29, 0.717) is 6.04 Å². The summed E-state index contributed by atoms with van der Waals surface area (Å²) in [5.41, 5.74) is 4.17. The molecule has 1 atom stereocenters. The van der Waals surface area contributed by atoms with Crippen molar-refractivity contribution in [1.29, 1.82) is 0 Å². The highest BCUT2D eigenvalue weighted by molar-refractivity contribution is 5.49.